The van der Waals surface area contributed by atoms with Gasteiger partial charge in [-0.15, -0.1) is 0 Å². The fraction of sp³-hybridized carbons (Fsp3) is 0.400. The van der Waals surface area contributed by atoms with Crippen molar-refractivity contribution in [2.24, 2.45) is 0 Å². The molecule has 5 rings (SSSR count). The molecule has 0 bridgehead atoms. The van der Waals surface area contributed by atoms with Gasteiger partial charge in [0.05, 0.1) is 24.3 Å². The maximum atomic E-state index is 14.8. The predicted molar refractivity (Wildman–Crippen MR) is 123 cm³/mol. The highest BCUT2D eigenvalue weighted by molar-refractivity contribution is 6.07. The summed E-state index contributed by atoms with van der Waals surface area (Å²) in [6.45, 7) is 3.08. The van der Waals surface area contributed by atoms with Crippen LogP contribution in [-0.4, -0.2) is 74.9 Å². The van der Waals surface area contributed by atoms with E-state index in [9.17, 15) is 34.1 Å². The van der Waals surface area contributed by atoms with Gasteiger partial charge >= 0.3 is 0 Å². The molecule has 3 heterocycles. The molecule has 1 unspecified atom stereocenters. The maximum absolute atomic E-state index is 14.8. The molecule has 3 aliphatic rings. The van der Waals surface area contributed by atoms with Crippen LogP contribution < -0.4 is 10.1 Å². The number of carbonyl (C=O) groups excluding carboxylic acids is 3. The minimum absolute atomic E-state index is 0.147. The van der Waals surface area contributed by atoms with Crippen LogP contribution in [0, 0.1) is 5.82 Å². The Balaban J connectivity index is 1.36. The third kappa shape index (κ3) is 4.47. The molecule has 4 N–H and O–H groups in total. The molecule has 3 amide bonds. The van der Waals surface area contributed by atoms with Crippen molar-refractivity contribution in [1.29, 1.82) is 0 Å². The van der Waals surface area contributed by atoms with Crippen molar-refractivity contribution in [2.75, 3.05) is 26.3 Å². The number of halogens is 1. The van der Waals surface area contributed by atoms with E-state index in [-0.39, 0.29) is 34.8 Å². The number of piperidine rings is 1. The molecule has 12 heteroatoms. The summed E-state index contributed by atoms with van der Waals surface area (Å²) in [4.78, 5) is 39.4. The normalized spacial score (nSPS) is 23.7. The molecule has 0 spiro atoms. The number of hydrogen-bond acceptors (Lipinski definition) is 9. The third-order valence-corrected chi connectivity index (χ3v) is 6.80. The zero-order valence-electron chi connectivity index (χ0n) is 19.8. The number of nitrogens with one attached hydrogen (secondary N) is 1. The van der Waals surface area contributed by atoms with Gasteiger partial charge in [0.25, 0.3) is 17.7 Å². The molecule has 11 nitrogen and oxygen atoms in total. The van der Waals surface area contributed by atoms with Gasteiger partial charge < -0.3 is 24.8 Å². The third-order valence-electron chi connectivity index (χ3n) is 6.80. The van der Waals surface area contributed by atoms with E-state index in [1.165, 1.54) is 24.3 Å². The van der Waals surface area contributed by atoms with Crippen molar-refractivity contribution in [1.82, 2.24) is 15.1 Å². The maximum Gasteiger partial charge on any atom is 0.284 e. The van der Waals surface area contributed by atoms with Gasteiger partial charge in [-0.1, -0.05) is 18.2 Å². The summed E-state index contributed by atoms with van der Waals surface area (Å²) in [5.74, 6) is -6.76. The molecule has 37 heavy (non-hydrogen) atoms. The monoisotopic (exact) mass is 515 g/mol. The predicted octanol–water partition coefficient (Wildman–Crippen LogP) is -0.0872. The lowest BCUT2D eigenvalue weighted by atomic mass is 9.99. The van der Waals surface area contributed by atoms with Gasteiger partial charge in [0, 0.05) is 38.0 Å². The highest BCUT2D eigenvalue weighted by atomic mass is 19.1. The topological polar surface area (TPSA) is 149 Å². The SMILES string of the molecule is O=C1CCC(O)(N2C(=O)c3cccc(OCc4ccc(CN5CCOCC5)cc4F)c3C2(O)O)C(=O)N1. The summed E-state index contributed by atoms with van der Waals surface area (Å²) >= 11 is 0. The highest BCUT2D eigenvalue weighted by Crippen LogP contribution is 2.45. The fourth-order valence-electron chi connectivity index (χ4n) is 4.86. The van der Waals surface area contributed by atoms with Gasteiger partial charge in [0.1, 0.15) is 18.2 Å². The van der Waals surface area contributed by atoms with E-state index in [0.717, 1.165) is 18.7 Å². The molecular weight excluding hydrogens is 489 g/mol. The van der Waals surface area contributed by atoms with Crippen molar-refractivity contribution >= 4 is 17.7 Å². The van der Waals surface area contributed by atoms with Gasteiger partial charge in [-0.2, -0.15) is 0 Å². The number of hydrogen-bond donors (Lipinski definition) is 4. The first kappa shape index (κ1) is 25.2. The minimum Gasteiger partial charge on any atom is -0.488 e. The Morgan fingerprint density at radius 3 is 2.54 bits per heavy atom. The number of ether oxygens (including phenoxy) is 2. The van der Waals surface area contributed by atoms with Crippen molar-refractivity contribution in [2.45, 2.75) is 37.6 Å². The number of carbonyl (C=O) groups is 3. The average Bonchev–Trinajstić information content (AvgIpc) is 3.08. The minimum atomic E-state index is -3.14. The van der Waals surface area contributed by atoms with Gasteiger partial charge in [0.15, 0.2) is 0 Å². The van der Waals surface area contributed by atoms with Crippen molar-refractivity contribution < 1.29 is 43.6 Å². The molecule has 2 fully saturated rings. The lowest BCUT2D eigenvalue weighted by molar-refractivity contribution is -0.303. The Kier molecular flexibility index (Phi) is 6.46. The number of fused-ring (bicyclic) bond motifs is 1. The summed E-state index contributed by atoms with van der Waals surface area (Å²) in [6.07, 6.45) is -0.846. The van der Waals surface area contributed by atoms with Crippen LogP contribution in [-0.2, 0) is 33.4 Å². The highest BCUT2D eigenvalue weighted by Gasteiger charge is 2.62. The first-order chi connectivity index (χ1) is 17.6. The molecule has 3 aliphatic heterocycles. The van der Waals surface area contributed by atoms with Gasteiger partial charge in [0.2, 0.25) is 11.6 Å². The number of morpholine rings is 1. The second-order valence-corrected chi connectivity index (χ2v) is 9.25. The quantitative estimate of drug-likeness (QED) is 0.306. The van der Waals surface area contributed by atoms with E-state index >= 15 is 0 Å². The average molecular weight is 515 g/mol. The molecule has 0 aliphatic carbocycles. The molecule has 1 atom stereocenters. The molecule has 196 valence electrons. The van der Waals surface area contributed by atoms with Crippen LogP contribution in [0.1, 0.15) is 39.9 Å². The van der Waals surface area contributed by atoms with Crippen LogP contribution in [0.2, 0.25) is 0 Å². The van der Waals surface area contributed by atoms with Gasteiger partial charge in [-0.05, 0) is 23.8 Å². The van der Waals surface area contributed by atoms with Crippen LogP contribution in [0.4, 0.5) is 4.39 Å². The van der Waals surface area contributed by atoms with Crippen molar-refractivity contribution in [3.63, 3.8) is 0 Å². The van der Waals surface area contributed by atoms with Crippen LogP contribution in [0.5, 0.6) is 5.75 Å². The molecule has 0 aromatic heterocycles. The zero-order valence-corrected chi connectivity index (χ0v) is 19.8. The number of rotatable bonds is 6. The Hall–Kier alpha value is -3.42. The summed E-state index contributed by atoms with van der Waals surface area (Å²) < 4.78 is 25.9. The summed E-state index contributed by atoms with van der Waals surface area (Å²) in [5.41, 5.74) is -2.32. The lowest BCUT2D eigenvalue weighted by Crippen LogP contribution is -2.67. The van der Waals surface area contributed by atoms with Crippen molar-refractivity contribution in [3.8, 4) is 5.75 Å². The number of aliphatic hydroxyl groups is 3. The Morgan fingerprint density at radius 1 is 1.08 bits per heavy atom. The zero-order chi connectivity index (χ0) is 26.4. The lowest BCUT2D eigenvalue weighted by Gasteiger charge is -2.42. The Labute approximate surface area is 211 Å². The fourth-order valence-corrected chi connectivity index (χ4v) is 4.86. The molecule has 0 saturated carbocycles. The van der Waals surface area contributed by atoms with E-state index in [2.05, 4.69) is 4.90 Å². The molecule has 2 saturated heterocycles. The van der Waals surface area contributed by atoms with Crippen molar-refractivity contribution in [3.05, 3.63) is 64.5 Å². The number of benzene rings is 2. The second-order valence-electron chi connectivity index (χ2n) is 9.25. The molecule has 2 aromatic rings. The Morgan fingerprint density at radius 2 is 1.84 bits per heavy atom. The van der Waals surface area contributed by atoms with E-state index in [1.807, 2.05) is 5.32 Å². The number of imide groups is 1. The summed E-state index contributed by atoms with van der Waals surface area (Å²) in [6, 6.07) is 8.82. The first-order valence-corrected chi connectivity index (χ1v) is 11.8. The largest absolute Gasteiger partial charge is 0.488 e. The molecule has 2 aromatic carbocycles. The van der Waals surface area contributed by atoms with E-state index in [1.54, 1.807) is 12.1 Å². The summed E-state index contributed by atoms with van der Waals surface area (Å²) in [7, 11) is 0. The molecule has 0 radical (unpaired) electrons. The first-order valence-electron chi connectivity index (χ1n) is 11.8. The van der Waals surface area contributed by atoms with Gasteiger partial charge in [-0.25, -0.2) is 9.29 Å². The summed E-state index contributed by atoms with van der Waals surface area (Å²) in [5, 5.41) is 34.8. The van der Waals surface area contributed by atoms with E-state index in [0.29, 0.717) is 19.8 Å². The molecular formula is C25H26FN3O8. The van der Waals surface area contributed by atoms with Crippen LogP contribution in [0.25, 0.3) is 0 Å². The van der Waals surface area contributed by atoms with E-state index < -0.39 is 47.2 Å². The second kappa shape index (κ2) is 9.47. The Bertz CT molecular complexity index is 1260. The number of amides is 3. The van der Waals surface area contributed by atoms with Crippen LogP contribution >= 0.6 is 0 Å². The number of nitrogens with zero attached hydrogens (tertiary/aromatic N) is 2. The standard InChI is InChI=1S/C25H26FN3O8/c26-18-12-15(13-28-8-10-36-11-9-28)4-5-16(18)14-37-19-3-1-2-17-21(19)25(34,35)29(22(17)31)24(33)7-6-20(30)27-23(24)32/h1-5,12,33-35H,6-11,13-14H2,(H,27,30,32). The smallest absolute Gasteiger partial charge is 0.284 e. The van der Waals surface area contributed by atoms with Gasteiger partial charge in [-0.3, -0.25) is 24.6 Å². The van der Waals surface area contributed by atoms with E-state index in [4.69, 9.17) is 9.47 Å². The van der Waals surface area contributed by atoms with Crippen LogP contribution in [0.3, 0.4) is 0 Å². The van der Waals surface area contributed by atoms with Crippen LogP contribution in [0.15, 0.2) is 36.4 Å².